The largest absolute Gasteiger partial charge is 0.496 e. The topological polar surface area (TPSA) is 35.2 Å². The Kier molecular flexibility index (Phi) is 7.81. The van der Waals surface area contributed by atoms with E-state index in [1.54, 1.807) is 7.11 Å². The third kappa shape index (κ3) is 4.32. The summed E-state index contributed by atoms with van der Waals surface area (Å²) in [4.78, 5) is 0. The van der Waals surface area contributed by atoms with Crippen LogP contribution in [0, 0.1) is 0 Å². The number of hydrogen-bond donors (Lipinski definition) is 1. The summed E-state index contributed by atoms with van der Waals surface area (Å²) < 4.78 is 6.14. The lowest BCUT2D eigenvalue weighted by molar-refractivity contribution is 0.411. The number of methoxy groups -OCH3 is 1. The number of ether oxygens (including phenoxy) is 1. The Balaban J connectivity index is 0.00000225. The minimum atomic E-state index is 0. The van der Waals surface area contributed by atoms with Crippen LogP contribution in [0.15, 0.2) is 22.7 Å². The molecule has 0 amide bonds. The van der Waals surface area contributed by atoms with Crippen LogP contribution in [-0.2, 0) is 0 Å². The number of hydrogen-bond acceptors (Lipinski definition) is 2. The zero-order valence-corrected chi connectivity index (χ0v) is 12.1. The fourth-order valence-corrected chi connectivity index (χ4v) is 2.06. The molecule has 4 heteroatoms. The third-order valence-corrected chi connectivity index (χ3v) is 3.09. The molecule has 0 saturated carbocycles. The highest BCUT2D eigenvalue weighted by molar-refractivity contribution is 9.10. The molecular weight excluding hydrogens is 289 g/mol. The maximum Gasteiger partial charge on any atom is 0.133 e. The number of unbranched alkanes of at least 4 members (excludes halogenated alkanes) is 1. The van der Waals surface area contributed by atoms with Gasteiger partial charge in [-0.05, 0) is 40.0 Å². The van der Waals surface area contributed by atoms with E-state index in [1.807, 2.05) is 18.2 Å². The third-order valence-electron chi connectivity index (χ3n) is 2.47. The predicted molar refractivity (Wildman–Crippen MR) is 74.4 cm³/mol. The first-order valence-corrected chi connectivity index (χ1v) is 6.07. The normalized spacial score (nSPS) is 11.8. The van der Waals surface area contributed by atoms with E-state index in [1.165, 1.54) is 12.8 Å². The zero-order chi connectivity index (χ0) is 11.3. The van der Waals surface area contributed by atoms with Gasteiger partial charge in [0.1, 0.15) is 5.75 Å². The van der Waals surface area contributed by atoms with Crippen molar-refractivity contribution >= 4 is 28.3 Å². The molecule has 16 heavy (non-hydrogen) atoms. The molecule has 0 heterocycles. The van der Waals surface area contributed by atoms with Crippen molar-refractivity contribution in [1.29, 1.82) is 0 Å². The molecule has 0 saturated heterocycles. The molecule has 0 bridgehead atoms. The number of rotatable bonds is 5. The summed E-state index contributed by atoms with van der Waals surface area (Å²) in [6.07, 6.45) is 3.39. The summed E-state index contributed by atoms with van der Waals surface area (Å²) in [5.41, 5.74) is 7.24. The summed E-state index contributed by atoms with van der Waals surface area (Å²) in [5, 5.41) is 0. The molecule has 2 N–H and O–H groups in total. The van der Waals surface area contributed by atoms with Crippen LogP contribution in [0.5, 0.6) is 5.75 Å². The van der Waals surface area contributed by atoms with Gasteiger partial charge in [0, 0.05) is 6.04 Å². The van der Waals surface area contributed by atoms with Gasteiger partial charge in [-0.2, -0.15) is 0 Å². The molecule has 1 atom stereocenters. The lowest BCUT2D eigenvalue weighted by Crippen LogP contribution is -2.09. The Morgan fingerprint density at radius 1 is 1.44 bits per heavy atom. The second kappa shape index (κ2) is 7.93. The highest BCUT2D eigenvalue weighted by atomic mass is 79.9. The van der Waals surface area contributed by atoms with Gasteiger partial charge in [-0.1, -0.05) is 25.8 Å². The van der Waals surface area contributed by atoms with Gasteiger partial charge in [0.2, 0.25) is 0 Å². The van der Waals surface area contributed by atoms with Gasteiger partial charge in [0.15, 0.2) is 0 Å². The first-order valence-electron chi connectivity index (χ1n) is 5.28. The van der Waals surface area contributed by atoms with Gasteiger partial charge in [-0.3, -0.25) is 0 Å². The first kappa shape index (κ1) is 15.8. The Morgan fingerprint density at radius 2 is 2.12 bits per heavy atom. The van der Waals surface area contributed by atoms with Crippen LogP contribution in [0.4, 0.5) is 0 Å². The number of halogens is 2. The van der Waals surface area contributed by atoms with E-state index in [2.05, 4.69) is 22.9 Å². The van der Waals surface area contributed by atoms with E-state index in [0.717, 1.165) is 22.2 Å². The van der Waals surface area contributed by atoms with Crippen molar-refractivity contribution in [3.05, 3.63) is 28.2 Å². The Morgan fingerprint density at radius 3 is 2.62 bits per heavy atom. The molecule has 1 aromatic carbocycles. The lowest BCUT2D eigenvalue weighted by Gasteiger charge is -2.13. The van der Waals surface area contributed by atoms with Gasteiger partial charge in [0.25, 0.3) is 0 Å². The maximum atomic E-state index is 6.08. The van der Waals surface area contributed by atoms with Gasteiger partial charge in [-0.15, -0.1) is 12.4 Å². The van der Waals surface area contributed by atoms with Crippen LogP contribution < -0.4 is 10.5 Å². The molecule has 0 aliphatic carbocycles. The first-order chi connectivity index (χ1) is 7.19. The highest BCUT2D eigenvalue weighted by Gasteiger charge is 2.08. The fourth-order valence-electron chi connectivity index (χ4n) is 1.50. The molecule has 0 radical (unpaired) electrons. The fraction of sp³-hybridized carbons (Fsp3) is 0.500. The smallest absolute Gasteiger partial charge is 0.133 e. The molecule has 0 spiro atoms. The molecule has 0 aromatic heterocycles. The maximum absolute atomic E-state index is 6.08. The summed E-state index contributed by atoms with van der Waals surface area (Å²) in [6.45, 7) is 2.18. The Bertz CT molecular complexity index is 320. The van der Waals surface area contributed by atoms with Crippen molar-refractivity contribution in [2.24, 2.45) is 5.73 Å². The van der Waals surface area contributed by atoms with Gasteiger partial charge < -0.3 is 10.5 Å². The zero-order valence-electron chi connectivity index (χ0n) is 9.70. The van der Waals surface area contributed by atoms with Crippen molar-refractivity contribution < 1.29 is 4.74 Å². The predicted octanol–water partition coefficient (Wildman–Crippen LogP) is 4.07. The molecule has 0 fully saturated rings. The van der Waals surface area contributed by atoms with Crippen LogP contribution in [0.25, 0.3) is 0 Å². The van der Waals surface area contributed by atoms with Gasteiger partial charge in [0.05, 0.1) is 11.6 Å². The SMILES string of the molecule is CCCC[C@@H](N)c1ccc(OC)c(Br)c1.Cl. The summed E-state index contributed by atoms with van der Waals surface area (Å²) >= 11 is 3.46. The van der Waals surface area contributed by atoms with E-state index in [4.69, 9.17) is 10.5 Å². The molecule has 0 aliphatic heterocycles. The molecular formula is C12H19BrClNO. The minimum Gasteiger partial charge on any atom is -0.496 e. The van der Waals surface area contributed by atoms with Crippen LogP contribution in [0.2, 0.25) is 0 Å². The Hall–Kier alpha value is -0.250. The summed E-state index contributed by atoms with van der Waals surface area (Å²) in [7, 11) is 1.66. The van der Waals surface area contributed by atoms with Crippen LogP contribution in [-0.4, -0.2) is 7.11 Å². The minimum absolute atomic E-state index is 0. The van der Waals surface area contributed by atoms with Crippen LogP contribution >= 0.6 is 28.3 Å². The molecule has 0 aliphatic rings. The van der Waals surface area contributed by atoms with Crippen molar-refractivity contribution in [3.63, 3.8) is 0 Å². The average molecular weight is 309 g/mol. The Labute approximate surface area is 112 Å². The van der Waals surface area contributed by atoms with Crippen molar-refractivity contribution in [1.82, 2.24) is 0 Å². The van der Waals surface area contributed by atoms with E-state index in [0.29, 0.717) is 0 Å². The molecule has 0 unspecified atom stereocenters. The number of benzene rings is 1. The summed E-state index contributed by atoms with van der Waals surface area (Å²) in [5.74, 6) is 0.849. The monoisotopic (exact) mass is 307 g/mol. The standard InChI is InChI=1S/C12H18BrNO.ClH/c1-3-4-5-11(14)9-6-7-12(15-2)10(13)8-9;/h6-8,11H,3-5,14H2,1-2H3;1H/t11-;/m1./s1. The highest BCUT2D eigenvalue weighted by Crippen LogP contribution is 2.28. The van der Waals surface area contributed by atoms with E-state index >= 15 is 0 Å². The van der Waals surface area contributed by atoms with Gasteiger partial charge in [-0.25, -0.2) is 0 Å². The van der Waals surface area contributed by atoms with E-state index in [-0.39, 0.29) is 18.4 Å². The molecule has 1 aromatic rings. The summed E-state index contributed by atoms with van der Waals surface area (Å²) in [6, 6.07) is 6.15. The van der Waals surface area contributed by atoms with Crippen molar-refractivity contribution in [3.8, 4) is 5.75 Å². The lowest BCUT2D eigenvalue weighted by atomic mass is 10.0. The van der Waals surface area contributed by atoms with E-state index in [9.17, 15) is 0 Å². The molecule has 2 nitrogen and oxygen atoms in total. The molecule has 92 valence electrons. The van der Waals surface area contributed by atoms with Gasteiger partial charge >= 0.3 is 0 Å². The quantitative estimate of drug-likeness (QED) is 0.890. The average Bonchev–Trinajstić information content (AvgIpc) is 2.25. The van der Waals surface area contributed by atoms with Crippen molar-refractivity contribution in [2.45, 2.75) is 32.2 Å². The van der Waals surface area contributed by atoms with Crippen molar-refractivity contribution in [2.75, 3.05) is 7.11 Å². The second-order valence-corrected chi connectivity index (χ2v) is 4.50. The van der Waals surface area contributed by atoms with E-state index < -0.39 is 0 Å². The second-order valence-electron chi connectivity index (χ2n) is 3.64. The van der Waals surface area contributed by atoms with Crippen LogP contribution in [0.3, 0.4) is 0 Å². The van der Waals surface area contributed by atoms with Crippen LogP contribution in [0.1, 0.15) is 37.8 Å². The molecule has 1 rings (SSSR count). The number of nitrogens with two attached hydrogens (primary N) is 1.